The first-order valence-electron chi connectivity index (χ1n) is 8.09. The summed E-state index contributed by atoms with van der Waals surface area (Å²) >= 11 is 0. The van der Waals surface area contributed by atoms with Crippen LogP contribution in [-0.2, 0) is 4.74 Å². The molecule has 5 nitrogen and oxygen atoms in total. The number of rotatable bonds is 2. The Morgan fingerprint density at radius 3 is 2.70 bits per heavy atom. The third-order valence-electron chi connectivity index (χ3n) is 3.70. The second-order valence-corrected chi connectivity index (χ2v) is 6.95. The van der Waals surface area contributed by atoms with Gasteiger partial charge in [-0.05, 0) is 45.7 Å². The first-order valence-corrected chi connectivity index (χ1v) is 8.09. The van der Waals surface area contributed by atoms with Gasteiger partial charge in [0.05, 0.1) is 13.1 Å². The number of hydrogen-bond acceptors (Lipinski definition) is 4. The Hall–Kier alpha value is -2.04. The summed E-state index contributed by atoms with van der Waals surface area (Å²) in [4.78, 5) is 18.4. The predicted molar refractivity (Wildman–Crippen MR) is 92.8 cm³/mol. The normalized spacial score (nSPS) is 16.6. The minimum atomic E-state index is -0.478. The molecule has 1 aromatic carbocycles. The fraction of sp³-hybridized carbons (Fsp3) is 0.556. The van der Waals surface area contributed by atoms with Crippen molar-refractivity contribution in [2.45, 2.75) is 46.3 Å². The van der Waals surface area contributed by atoms with E-state index in [1.807, 2.05) is 32.9 Å². The SMILES string of the molecule is Cc1ccccc1C(C)NC1=NCCN(C(=O)OC(C)(C)C)C1. The van der Waals surface area contributed by atoms with Crippen molar-refractivity contribution in [2.24, 2.45) is 4.99 Å². The van der Waals surface area contributed by atoms with Gasteiger partial charge in [0, 0.05) is 12.6 Å². The smallest absolute Gasteiger partial charge is 0.410 e. The van der Waals surface area contributed by atoms with Crippen LogP contribution in [-0.4, -0.2) is 42.1 Å². The van der Waals surface area contributed by atoms with Crippen LogP contribution < -0.4 is 5.32 Å². The summed E-state index contributed by atoms with van der Waals surface area (Å²) in [6, 6.07) is 8.43. The van der Waals surface area contributed by atoms with Gasteiger partial charge in [0.15, 0.2) is 0 Å². The fourth-order valence-electron chi connectivity index (χ4n) is 2.59. The number of aryl methyl sites for hydroxylation is 1. The molecule has 1 aliphatic rings. The first-order chi connectivity index (χ1) is 10.8. The van der Waals surface area contributed by atoms with Gasteiger partial charge in [-0.15, -0.1) is 0 Å². The van der Waals surface area contributed by atoms with Crippen molar-refractivity contribution in [1.29, 1.82) is 0 Å². The van der Waals surface area contributed by atoms with Crippen LogP contribution in [0.15, 0.2) is 29.3 Å². The largest absolute Gasteiger partial charge is 0.444 e. The molecule has 0 bridgehead atoms. The Labute approximate surface area is 138 Å². The highest BCUT2D eigenvalue weighted by atomic mass is 16.6. The van der Waals surface area contributed by atoms with Crippen molar-refractivity contribution in [3.63, 3.8) is 0 Å². The van der Waals surface area contributed by atoms with Crippen molar-refractivity contribution < 1.29 is 9.53 Å². The summed E-state index contributed by atoms with van der Waals surface area (Å²) < 4.78 is 5.44. The van der Waals surface area contributed by atoms with Gasteiger partial charge in [0.25, 0.3) is 0 Å². The zero-order chi connectivity index (χ0) is 17.0. The number of nitrogens with one attached hydrogen (secondary N) is 1. The molecule has 0 spiro atoms. The number of carbonyl (C=O) groups excluding carboxylic acids is 1. The van der Waals surface area contributed by atoms with Gasteiger partial charge in [-0.1, -0.05) is 24.3 Å². The van der Waals surface area contributed by atoms with E-state index in [-0.39, 0.29) is 12.1 Å². The third kappa shape index (κ3) is 4.98. The van der Waals surface area contributed by atoms with E-state index in [9.17, 15) is 4.79 Å². The van der Waals surface area contributed by atoms with Gasteiger partial charge < -0.3 is 10.1 Å². The highest BCUT2D eigenvalue weighted by Crippen LogP contribution is 2.17. The van der Waals surface area contributed by atoms with Crippen molar-refractivity contribution in [3.05, 3.63) is 35.4 Å². The van der Waals surface area contributed by atoms with E-state index in [0.717, 1.165) is 5.84 Å². The summed E-state index contributed by atoms with van der Waals surface area (Å²) in [6.45, 7) is 11.5. The van der Waals surface area contributed by atoms with Crippen LogP contribution in [0.25, 0.3) is 0 Å². The number of hydrogen-bond donors (Lipinski definition) is 1. The maximum Gasteiger partial charge on any atom is 0.410 e. The number of amidine groups is 1. The van der Waals surface area contributed by atoms with Gasteiger partial charge >= 0.3 is 6.09 Å². The Bertz CT molecular complexity index is 590. The van der Waals surface area contributed by atoms with Crippen molar-refractivity contribution in [2.75, 3.05) is 19.6 Å². The lowest BCUT2D eigenvalue weighted by Gasteiger charge is -2.31. The molecule has 0 saturated heterocycles. The molecule has 0 aliphatic carbocycles. The number of aliphatic imine (C=N–C) groups is 1. The van der Waals surface area contributed by atoms with Crippen molar-refractivity contribution in [3.8, 4) is 0 Å². The minimum absolute atomic E-state index is 0.147. The van der Waals surface area contributed by atoms with Crippen LogP contribution in [0, 0.1) is 6.92 Å². The van der Waals surface area contributed by atoms with Crippen LogP contribution in [0.3, 0.4) is 0 Å². The Morgan fingerprint density at radius 1 is 1.35 bits per heavy atom. The highest BCUT2D eigenvalue weighted by Gasteiger charge is 2.25. The molecule has 1 amide bonds. The first kappa shape index (κ1) is 17.3. The Morgan fingerprint density at radius 2 is 2.04 bits per heavy atom. The molecule has 126 valence electrons. The highest BCUT2D eigenvalue weighted by molar-refractivity contribution is 5.88. The zero-order valence-corrected chi connectivity index (χ0v) is 14.7. The summed E-state index contributed by atoms with van der Waals surface area (Å²) in [6.07, 6.45) is -0.282. The van der Waals surface area contributed by atoms with E-state index in [1.54, 1.807) is 4.90 Å². The molecule has 0 saturated carbocycles. The molecule has 1 aromatic rings. The van der Waals surface area contributed by atoms with Gasteiger partial charge in [-0.2, -0.15) is 0 Å². The average molecular weight is 317 g/mol. The van der Waals surface area contributed by atoms with E-state index < -0.39 is 5.60 Å². The molecule has 5 heteroatoms. The molecule has 1 heterocycles. The molecular weight excluding hydrogens is 290 g/mol. The molecule has 0 aromatic heterocycles. The lowest BCUT2D eigenvalue weighted by atomic mass is 10.0. The van der Waals surface area contributed by atoms with Crippen molar-refractivity contribution >= 4 is 11.9 Å². The fourth-order valence-corrected chi connectivity index (χ4v) is 2.59. The number of amides is 1. The lowest BCUT2D eigenvalue weighted by molar-refractivity contribution is 0.0276. The second kappa shape index (κ2) is 7.02. The molecule has 1 unspecified atom stereocenters. The number of nitrogens with zero attached hydrogens (tertiary/aromatic N) is 2. The lowest BCUT2D eigenvalue weighted by Crippen LogP contribution is -2.47. The van der Waals surface area contributed by atoms with Crippen LogP contribution in [0.5, 0.6) is 0 Å². The summed E-state index contributed by atoms with van der Waals surface area (Å²) in [5.41, 5.74) is 2.01. The molecule has 1 atom stereocenters. The van der Waals surface area contributed by atoms with E-state index in [2.05, 4.69) is 36.3 Å². The average Bonchev–Trinajstić information content (AvgIpc) is 2.46. The Balaban J connectivity index is 1.98. The third-order valence-corrected chi connectivity index (χ3v) is 3.70. The number of carbonyl (C=O) groups is 1. The molecule has 0 radical (unpaired) electrons. The van der Waals surface area contributed by atoms with Crippen LogP contribution >= 0.6 is 0 Å². The van der Waals surface area contributed by atoms with E-state index in [0.29, 0.717) is 19.6 Å². The summed E-state index contributed by atoms with van der Waals surface area (Å²) in [7, 11) is 0. The second-order valence-electron chi connectivity index (χ2n) is 6.95. The minimum Gasteiger partial charge on any atom is -0.444 e. The van der Waals surface area contributed by atoms with Crippen LogP contribution in [0.4, 0.5) is 4.79 Å². The molecular formula is C18H27N3O2. The maximum absolute atomic E-state index is 12.2. The quantitative estimate of drug-likeness (QED) is 0.910. The maximum atomic E-state index is 12.2. The van der Waals surface area contributed by atoms with Crippen LogP contribution in [0.2, 0.25) is 0 Å². The van der Waals surface area contributed by atoms with E-state index >= 15 is 0 Å². The van der Waals surface area contributed by atoms with E-state index in [4.69, 9.17) is 4.74 Å². The molecule has 0 fully saturated rings. The van der Waals surface area contributed by atoms with Crippen LogP contribution in [0.1, 0.15) is 44.9 Å². The predicted octanol–water partition coefficient (Wildman–Crippen LogP) is 3.29. The van der Waals surface area contributed by atoms with Gasteiger partial charge in [-0.3, -0.25) is 9.89 Å². The van der Waals surface area contributed by atoms with Gasteiger partial charge in [-0.25, -0.2) is 4.79 Å². The Kier molecular flexibility index (Phi) is 5.29. The monoisotopic (exact) mass is 317 g/mol. The number of benzene rings is 1. The van der Waals surface area contributed by atoms with Crippen molar-refractivity contribution in [1.82, 2.24) is 10.2 Å². The molecule has 23 heavy (non-hydrogen) atoms. The molecule has 2 rings (SSSR count). The summed E-state index contributed by atoms with van der Waals surface area (Å²) in [5, 5.41) is 3.42. The van der Waals surface area contributed by atoms with E-state index in [1.165, 1.54) is 11.1 Å². The zero-order valence-electron chi connectivity index (χ0n) is 14.7. The van der Waals surface area contributed by atoms with Gasteiger partial charge in [0.1, 0.15) is 11.4 Å². The van der Waals surface area contributed by atoms with Gasteiger partial charge in [0.2, 0.25) is 0 Å². The molecule has 1 aliphatic heterocycles. The molecule has 1 N–H and O–H groups in total. The standard InChI is InChI=1S/C18H27N3O2/c1-13-8-6-7-9-15(13)14(2)20-16-12-21(11-10-19-16)17(22)23-18(3,4)5/h6-9,14H,10-12H2,1-5H3,(H,19,20). The summed E-state index contributed by atoms with van der Waals surface area (Å²) in [5.74, 6) is 0.831. The topological polar surface area (TPSA) is 53.9 Å². The number of ether oxygens (including phenoxy) is 1.